The third kappa shape index (κ3) is 1.85. The maximum Gasteiger partial charge on any atom is 0.163 e. The molecule has 1 aromatic heterocycles. The first-order valence-corrected chi connectivity index (χ1v) is 5.98. The largest absolute Gasteiger partial charge is 0.465 e. The van der Waals surface area contributed by atoms with E-state index < -0.39 is 5.41 Å². The quantitative estimate of drug-likeness (QED) is 0.876. The van der Waals surface area contributed by atoms with Crippen LogP contribution in [0, 0.1) is 16.7 Å². The second kappa shape index (κ2) is 4.73. The number of furan rings is 1. The molecule has 0 saturated carbocycles. The monoisotopic (exact) mass is 257 g/mol. The Hall–Kier alpha value is -2.35. The van der Waals surface area contributed by atoms with Crippen LogP contribution in [-0.4, -0.2) is 24.7 Å². The van der Waals surface area contributed by atoms with Crippen molar-refractivity contribution in [2.45, 2.75) is 19.9 Å². The molecule has 1 aromatic rings. The van der Waals surface area contributed by atoms with Gasteiger partial charge in [-0.05, 0) is 32.1 Å². The minimum Gasteiger partial charge on any atom is -0.465 e. The maximum absolute atomic E-state index is 12.1. The van der Waals surface area contributed by atoms with Gasteiger partial charge in [-0.3, -0.25) is 9.79 Å². The first-order chi connectivity index (χ1) is 9.06. The van der Waals surface area contributed by atoms with E-state index in [1.54, 1.807) is 32.2 Å². The fourth-order valence-electron chi connectivity index (χ4n) is 2.41. The molecule has 1 N–H and O–H groups in total. The minimum absolute atomic E-state index is 0.215. The summed E-state index contributed by atoms with van der Waals surface area (Å²) in [4.78, 5) is 16.2. The maximum atomic E-state index is 12.1. The average Bonchev–Trinajstić information content (AvgIpc) is 2.91. The zero-order valence-corrected chi connectivity index (χ0v) is 11.1. The number of rotatable bonds is 2. The van der Waals surface area contributed by atoms with Crippen LogP contribution in [0.15, 0.2) is 33.9 Å². The molecule has 1 aliphatic heterocycles. The van der Waals surface area contributed by atoms with Crippen LogP contribution >= 0.6 is 0 Å². The third-order valence-electron chi connectivity index (χ3n) is 3.48. The van der Waals surface area contributed by atoms with Crippen LogP contribution in [0.25, 0.3) is 5.57 Å². The number of carbonyl (C=O) groups is 1. The SMILES string of the molecule is CN=C1C=C(c2ccco2)C(C#N)(C(C)=O)C(C)N1. The number of hydrogen-bond donors (Lipinski definition) is 1. The highest BCUT2D eigenvalue weighted by Gasteiger charge is 2.49. The zero-order valence-electron chi connectivity index (χ0n) is 11.1. The Morgan fingerprint density at radius 3 is 2.84 bits per heavy atom. The van der Waals surface area contributed by atoms with E-state index in [2.05, 4.69) is 16.4 Å². The van der Waals surface area contributed by atoms with Crippen molar-refractivity contribution in [1.29, 1.82) is 5.26 Å². The van der Waals surface area contributed by atoms with Gasteiger partial charge in [0.05, 0.1) is 18.4 Å². The summed E-state index contributed by atoms with van der Waals surface area (Å²) in [5.74, 6) is 0.935. The number of Topliss-reactive ketones (excluding diaryl/α,β-unsaturated/α-hetero) is 1. The molecule has 5 nitrogen and oxygen atoms in total. The van der Waals surface area contributed by atoms with Crippen molar-refractivity contribution in [3.8, 4) is 6.07 Å². The summed E-state index contributed by atoms with van der Waals surface area (Å²) < 4.78 is 5.37. The molecule has 2 unspecified atom stereocenters. The topological polar surface area (TPSA) is 78.4 Å². The number of nitrogens with zero attached hydrogens (tertiary/aromatic N) is 2. The van der Waals surface area contributed by atoms with Gasteiger partial charge in [-0.2, -0.15) is 5.26 Å². The molecule has 98 valence electrons. The lowest BCUT2D eigenvalue weighted by molar-refractivity contribution is -0.122. The molecular formula is C14H15N3O2. The molecular weight excluding hydrogens is 242 g/mol. The smallest absolute Gasteiger partial charge is 0.163 e. The number of aliphatic imine (C=N–C) groups is 1. The second-order valence-corrected chi connectivity index (χ2v) is 4.49. The molecule has 0 bridgehead atoms. The van der Waals surface area contributed by atoms with E-state index in [9.17, 15) is 10.1 Å². The lowest BCUT2D eigenvalue weighted by atomic mass is 9.69. The summed E-state index contributed by atoms with van der Waals surface area (Å²) in [7, 11) is 1.65. The Labute approximate surface area is 111 Å². The normalized spacial score (nSPS) is 28.4. The van der Waals surface area contributed by atoms with E-state index in [1.165, 1.54) is 13.2 Å². The van der Waals surface area contributed by atoms with Crippen LogP contribution in [0.3, 0.4) is 0 Å². The van der Waals surface area contributed by atoms with Crippen LogP contribution in [0.1, 0.15) is 19.6 Å². The number of ketones is 1. The third-order valence-corrected chi connectivity index (χ3v) is 3.48. The molecule has 5 heteroatoms. The summed E-state index contributed by atoms with van der Waals surface area (Å²) in [6, 6.07) is 5.25. The van der Waals surface area contributed by atoms with E-state index in [0.29, 0.717) is 17.2 Å². The van der Waals surface area contributed by atoms with Gasteiger partial charge in [0.2, 0.25) is 0 Å². The molecule has 0 radical (unpaired) electrons. The Bertz CT molecular complexity index is 593. The van der Waals surface area contributed by atoms with Crippen molar-refractivity contribution in [2.24, 2.45) is 10.4 Å². The van der Waals surface area contributed by atoms with Gasteiger partial charge in [-0.25, -0.2) is 0 Å². The summed E-state index contributed by atoms with van der Waals surface area (Å²) >= 11 is 0. The van der Waals surface area contributed by atoms with Crippen molar-refractivity contribution in [1.82, 2.24) is 5.32 Å². The van der Waals surface area contributed by atoms with E-state index in [0.717, 1.165) is 0 Å². The molecule has 0 aromatic carbocycles. The Morgan fingerprint density at radius 2 is 2.37 bits per heavy atom. The van der Waals surface area contributed by atoms with Crippen molar-refractivity contribution >= 4 is 17.2 Å². The van der Waals surface area contributed by atoms with Crippen molar-refractivity contribution in [3.63, 3.8) is 0 Å². The van der Waals surface area contributed by atoms with E-state index in [-0.39, 0.29) is 11.8 Å². The number of hydrogen-bond acceptors (Lipinski definition) is 4. The van der Waals surface area contributed by atoms with Crippen LogP contribution < -0.4 is 5.32 Å². The molecule has 2 heterocycles. The van der Waals surface area contributed by atoms with Gasteiger partial charge in [0.1, 0.15) is 11.6 Å². The summed E-state index contributed by atoms with van der Waals surface area (Å²) in [6.07, 6.45) is 3.22. The molecule has 0 amide bonds. The van der Waals surface area contributed by atoms with Gasteiger partial charge < -0.3 is 9.73 Å². The van der Waals surface area contributed by atoms with Crippen LogP contribution in [0.2, 0.25) is 0 Å². The fraction of sp³-hybridized carbons (Fsp3) is 0.357. The predicted molar refractivity (Wildman–Crippen MR) is 71.4 cm³/mol. The molecule has 0 aliphatic carbocycles. The molecule has 19 heavy (non-hydrogen) atoms. The van der Waals surface area contributed by atoms with Crippen molar-refractivity contribution in [3.05, 3.63) is 30.2 Å². The van der Waals surface area contributed by atoms with Gasteiger partial charge >= 0.3 is 0 Å². The zero-order chi connectivity index (χ0) is 14.0. The highest BCUT2D eigenvalue weighted by atomic mass is 16.3. The molecule has 0 spiro atoms. The van der Waals surface area contributed by atoms with Gasteiger partial charge in [0, 0.05) is 12.6 Å². The lowest BCUT2D eigenvalue weighted by Crippen LogP contribution is -2.52. The van der Waals surface area contributed by atoms with Crippen LogP contribution in [0.5, 0.6) is 0 Å². The molecule has 2 rings (SSSR count). The summed E-state index contributed by atoms with van der Waals surface area (Å²) in [5.41, 5.74) is -0.703. The lowest BCUT2D eigenvalue weighted by Gasteiger charge is -2.36. The highest BCUT2D eigenvalue weighted by Crippen LogP contribution is 2.41. The second-order valence-electron chi connectivity index (χ2n) is 4.49. The van der Waals surface area contributed by atoms with Crippen LogP contribution in [0.4, 0.5) is 0 Å². The Balaban J connectivity index is 2.70. The predicted octanol–water partition coefficient (Wildman–Crippen LogP) is 1.78. The van der Waals surface area contributed by atoms with Crippen molar-refractivity contribution in [2.75, 3.05) is 7.05 Å². The first-order valence-electron chi connectivity index (χ1n) is 5.98. The van der Waals surface area contributed by atoms with E-state index >= 15 is 0 Å². The fourth-order valence-corrected chi connectivity index (χ4v) is 2.41. The minimum atomic E-state index is -1.26. The van der Waals surface area contributed by atoms with Gasteiger partial charge in [0.25, 0.3) is 0 Å². The molecule has 0 fully saturated rings. The Morgan fingerprint density at radius 1 is 1.63 bits per heavy atom. The van der Waals surface area contributed by atoms with E-state index in [1.807, 2.05) is 0 Å². The van der Waals surface area contributed by atoms with Gasteiger partial charge in [0.15, 0.2) is 11.2 Å². The van der Waals surface area contributed by atoms with Gasteiger partial charge in [-0.15, -0.1) is 0 Å². The summed E-state index contributed by atoms with van der Waals surface area (Å²) in [5, 5.41) is 12.6. The number of nitriles is 1. The van der Waals surface area contributed by atoms with Crippen molar-refractivity contribution < 1.29 is 9.21 Å². The molecule has 0 saturated heterocycles. The highest BCUT2D eigenvalue weighted by molar-refractivity contribution is 6.10. The number of carbonyl (C=O) groups excluding carboxylic acids is 1. The first kappa shape index (κ1) is 13.1. The number of nitrogens with one attached hydrogen (secondary N) is 1. The standard InChI is InChI=1S/C14H15N3O2/c1-9-14(8-15,10(2)18)11(7-13(16-3)17-9)12-5-4-6-19-12/h4-7,9H,1-3H3,(H,16,17). The summed E-state index contributed by atoms with van der Waals surface area (Å²) in [6.45, 7) is 3.22. The average molecular weight is 257 g/mol. The van der Waals surface area contributed by atoms with Gasteiger partial charge in [-0.1, -0.05) is 0 Å². The van der Waals surface area contributed by atoms with E-state index in [4.69, 9.17) is 4.42 Å². The van der Waals surface area contributed by atoms with Crippen LogP contribution in [-0.2, 0) is 4.79 Å². The number of amidine groups is 1. The molecule has 2 atom stereocenters. The molecule has 1 aliphatic rings. The Kier molecular flexibility index (Phi) is 3.26.